The van der Waals surface area contributed by atoms with Gasteiger partial charge < -0.3 is 20.4 Å². The highest BCUT2D eigenvalue weighted by Crippen LogP contribution is 2.22. The van der Waals surface area contributed by atoms with Crippen molar-refractivity contribution in [2.24, 2.45) is 0 Å². The molecule has 1 heterocycles. The standard InChI is InChI=1S/C22H26N4O3/c1-22(2,3)29-21(28)23-14-6-9-19(27)24-16-12-10-15(11-13-16)20-25-17-7-4-5-8-18(17)26-20/h4-5,7-8,10-13H,6,9,14H2,1-3H3,(H,23,28)(H,24,27)(H,25,26). The molecule has 3 aromatic rings. The Morgan fingerprint density at radius 2 is 1.79 bits per heavy atom. The Hall–Kier alpha value is -3.35. The molecule has 1 aromatic heterocycles. The first-order valence-electron chi connectivity index (χ1n) is 9.62. The molecule has 0 unspecified atom stereocenters. The van der Waals surface area contributed by atoms with Crippen molar-refractivity contribution in [2.45, 2.75) is 39.2 Å². The molecule has 7 heteroatoms. The number of nitrogens with zero attached hydrogens (tertiary/aromatic N) is 1. The number of amides is 2. The summed E-state index contributed by atoms with van der Waals surface area (Å²) in [5.74, 6) is 0.685. The highest BCUT2D eigenvalue weighted by Gasteiger charge is 2.15. The van der Waals surface area contributed by atoms with Gasteiger partial charge in [-0.05, 0) is 63.6 Å². The van der Waals surface area contributed by atoms with E-state index >= 15 is 0 Å². The van der Waals surface area contributed by atoms with E-state index in [0.29, 0.717) is 19.4 Å². The Bertz CT molecular complexity index is 954. The minimum Gasteiger partial charge on any atom is -0.444 e. The summed E-state index contributed by atoms with van der Waals surface area (Å²) >= 11 is 0. The van der Waals surface area contributed by atoms with E-state index in [1.807, 2.05) is 48.5 Å². The van der Waals surface area contributed by atoms with Gasteiger partial charge in [-0.15, -0.1) is 0 Å². The number of carbonyl (C=O) groups excluding carboxylic acids is 2. The zero-order valence-electron chi connectivity index (χ0n) is 16.9. The SMILES string of the molecule is CC(C)(C)OC(=O)NCCCC(=O)Nc1ccc(-c2nc3ccccc3[nH]2)cc1. The lowest BCUT2D eigenvalue weighted by molar-refractivity contribution is -0.116. The maximum Gasteiger partial charge on any atom is 0.407 e. The monoisotopic (exact) mass is 394 g/mol. The van der Waals surface area contributed by atoms with Crippen LogP contribution in [0, 0.1) is 0 Å². The molecule has 0 bridgehead atoms. The van der Waals surface area contributed by atoms with Crippen LogP contribution in [0.25, 0.3) is 22.4 Å². The zero-order valence-corrected chi connectivity index (χ0v) is 16.9. The number of H-pyrrole nitrogens is 1. The molecule has 2 aromatic carbocycles. The smallest absolute Gasteiger partial charge is 0.407 e. The number of aromatic amines is 1. The van der Waals surface area contributed by atoms with Crippen molar-refractivity contribution in [2.75, 3.05) is 11.9 Å². The Morgan fingerprint density at radius 1 is 1.07 bits per heavy atom. The van der Waals surface area contributed by atoms with E-state index in [2.05, 4.69) is 20.6 Å². The van der Waals surface area contributed by atoms with Crippen molar-refractivity contribution in [1.82, 2.24) is 15.3 Å². The van der Waals surface area contributed by atoms with Gasteiger partial charge in [-0.25, -0.2) is 9.78 Å². The van der Waals surface area contributed by atoms with E-state index in [-0.39, 0.29) is 5.91 Å². The van der Waals surface area contributed by atoms with Gasteiger partial charge >= 0.3 is 6.09 Å². The number of ether oxygens (including phenoxy) is 1. The first kappa shape index (κ1) is 20.4. The van der Waals surface area contributed by atoms with Crippen molar-refractivity contribution in [3.63, 3.8) is 0 Å². The number of rotatable bonds is 6. The highest BCUT2D eigenvalue weighted by atomic mass is 16.6. The topological polar surface area (TPSA) is 96.1 Å². The summed E-state index contributed by atoms with van der Waals surface area (Å²) in [4.78, 5) is 31.5. The van der Waals surface area contributed by atoms with Gasteiger partial charge in [0, 0.05) is 24.2 Å². The van der Waals surface area contributed by atoms with Crippen molar-refractivity contribution in [1.29, 1.82) is 0 Å². The molecule has 29 heavy (non-hydrogen) atoms. The second-order valence-corrected chi connectivity index (χ2v) is 7.76. The lowest BCUT2D eigenvalue weighted by atomic mass is 10.2. The van der Waals surface area contributed by atoms with Crippen LogP contribution in [0.15, 0.2) is 48.5 Å². The van der Waals surface area contributed by atoms with Gasteiger partial charge in [0.05, 0.1) is 11.0 Å². The van der Waals surface area contributed by atoms with Gasteiger partial charge in [0.2, 0.25) is 5.91 Å². The molecule has 0 saturated heterocycles. The molecule has 0 aliphatic rings. The molecule has 0 saturated carbocycles. The number of benzene rings is 2. The number of aromatic nitrogens is 2. The number of fused-ring (bicyclic) bond motifs is 1. The van der Waals surface area contributed by atoms with E-state index in [9.17, 15) is 9.59 Å². The molecule has 3 N–H and O–H groups in total. The van der Waals surface area contributed by atoms with Gasteiger partial charge in [0.1, 0.15) is 11.4 Å². The lowest BCUT2D eigenvalue weighted by Crippen LogP contribution is -2.33. The molecule has 0 atom stereocenters. The number of hydrogen-bond acceptors (Lipinski definition) is 4. The second kappa shape index (κ2) is 8.77. The molecular weight excluding hydrogens is 368 g/mol. The molecule has 0 fully saturated rings. The first-order valence-corrected chi connectivity index (χ1v) is 9.62. The lowest BCUT2D eigenvalue weighted by Gasteiger charge is -2.19. The van der Waals surface area contributed by atoms with E-state index in [0.717, 1.165) is 28.1 Å². The van der Waals surface area contributed by atoms with E-state index in [1.54, 1.807) is 20.8 Å². The Kier molecular flexibility index (Phi) is 6.16. The van der Waals surface area contributed by atoms with Crippen molar-refractivity contribution >= 4 is 28.7 Å². The van der Waals surface area contributed by atoms with Crippen LogP contribution in [-0.4, -0.2) is 34.1 Å². The summed E-state index contributed by atoms with van der Waals surface area (Å²) in [6.45, 7) is 5.80. The largest absolute Gasteiger partial charge is 0.444 e. The molecule has 2 amide bonds. The average molecular weight is 394 g/mol. The van der Waals surface area contributed by atoms with Crippen LogP contribution in [0.5, 0.6) is 0 Å². The van der Waals surface area contributed by atoms with Gasteiger partial charge in [-0.1, -0.05) is 12.1 Å². The Labute approximate surface area is 169 Å². The van der Waals surface area contributed by atoms with Crippen LogP contribution in [0.1, 0.15) is 33.6 Å². The van der Waals surface area contributed by atoms with Crippen LogP contribution >= 0.6 is 0 Å². The number of hydrogen-bond donors (Lipinski definition) is 3. The number of alkyl carbamates (subject to hydrolysis) is 1. The summed E-state index contributed by atoms with van der Waals surface area (Å²) in [7, 11) is 0. The molecule has 0 spiro atoms. The maximum absolute atomic E-state index is 12.1. The van der Waals surface area contributed by atoms with Crippen LogP contribution < -0.4 is 10.6 Å². The van der Waals surface area contributed by atoms with Crippen LogP contribution in [0.2, 0.25) is 0 Å². The quantitative estimate of drug-likeness (QED) is 0.537. The van der Waals surface area contributed by atoms with Crippen LogP contribution in [0.3, 0.4) is 0 Å². The molecule has 0 aliphatic heterocycles. The number of anilines is 1. The van der Waals surface area contributed by atoms with Crippen molar-refractivity contribution < 1.29 is 14.3 Å². The van der Waals surface area contributed by atoms with Gasteiger partial charge in [0.25, 0.3) is 0 Å². The van der Waals surface area contributed by atoms with Gasteiger partial charge in [-0.3, -0.25) is 4.79 Å². The van der Waals surface area contributed by atoms with Crippen molar-refractivity contribution in [3.8, 4) is 11.4 Å². The number of carbonyl (C=O) groups is 2. The minimum absolute atomic E-state index is 0.104. The molecular formula is C22H26N4O3. The number of imidazole rings is 1. The van der Waals surface area contributed by atoms with Crippen LogP contribution in [0.4, 0.5) is 10.5 Å². The number of nitrogens with one attached hydrogen (secondary N) is 3. The predicted molar refractivity (Wildman–Crippen MR) is 114 cm³/mol. The fourth-order valence-corrected chi connectivity index (χ4v) is 2.78. The van der Waals surface area contributed by atoms with E-state index in [1.165, 1.54) is 0 Å². The summed E-state index contributed by atoms with van der Waals surface area (Å²) < 4.78 is 5.15. The summed E-state index contributed by atoms with van der Waals surface area (Å²) in [5, 5.41) is 5.50. The zero-order chi connectivity index (χ0) is 20.9. The van der Waals surface area contributed by atoms with Gasteiger partial charge in [0.15, 0.2) is 0 Å². The molecule has 7 nitrogen and oxygen atoms in total. The van der Waals surface area contributed by atoms with E-state index in [4.69, 9.17) is 4.74 Å². The molecule has 0 radical (unpaired) electrons. The fourth-order valence-electron chi connectivity index (χ4n) is 2.78. The first-order chi connectivity index (χ1) is 13.8. The van der Waals surface area contributed by atoms with E-state index < -0.39 is 11.7 Å². The van der Waals surface area contributed by atoms with Gasteiger partial charge in [-0.2, -0.15) is 0 Å². The third-order valence-corrected chi connectivity index (χ3v) is 4.08. The Balaban J connectivity index is 1.46. The third-order valence-electron chi connectivity index (χ3n) is 4.08. The second-order valence-electron chi connectivity index (χ2n) is 7.76. The normalized spacial score (nSPS) is 11.3. The molecule has 3 rings (SSSR count). The predicted octanol–water partition coefficient (Wildman–Crippen LogP) is 4.47. The fraction of sp³-hybridized carbons (Fsp3) is 0.318. The number of para-hydroxylation sites is 2. The highest BCUT2D eigenvalue weighted by molar-refractivity contribution is 5.91. The van der Waals surface area contributed by atoms with Crippen molar-refractivity contribution in [3.05, 3.63) is 48.5 Å². The van der Waals surface area contributed by atoms with Crippen LogP contribution in [-0.2, 0) is 9.53 Å². The summed E-state index contributed by atoms with van der Waals surface area (Å²) in [5.41, 5.74) is 3.03. The minimum atomic E-state index is -0.532. The third kappa shape index (κ3) is 6.07. The molecule has 152 valence electrons. The maximum atomic E-state index is 12.1. The molecule has 0 aliphatic carbocycles. The average Bonchev–Trinajstić information content (AvgIpc) is 3.08. The summed E-state index contributed by atoms with van der Waals surface area (Å²) in [6.07, 6.45) is 0.364. The Morgan fingerprint density at radius 3 is 2.48 bits per heavy atom. The summed E-state index contributed by atoms with van der Waals surface area (Å²) in [6, 6.07) is 15.4.